The molecule has 0 bridgehead atoms. The highest BCUT2D eigenvalue weighted by Gasteiger charge is 2.41. The van der Waals surface area contributed by atoms with Crippen molar-refractivity contribution in [1.82, 2.24) is 14.6 Å². The summed E-state index contributed by atoms with van der Waals surface area (Å²) in [6.07, 6.45) is 2.49. The van der Waals surface area contributed by atoms with Crippen LogP contribution in [-0.4, -0.2) is 26.7 Å². The number of anilines is 1. The summed E-state index contributed by atoms with van der Waals surface area (Å²) in [5.74, 6) is 1.32. The average Bonchev–Trinajstić information content (AvgIpc) is 3.12. The molecule has 2 heterocycles. The number of pyridine rings is 1. The van der Waals surface area contributed by atoms with E-state index in [2.05, 4.69) is 22.3 Å². The van der Waals surface area contributed by atoms with Crippen LogP contribution in [0, 0.1) is 12.8 Å². The monoisotopic (exact) mass is 245 g/mol. The second-order valence-electron chi connectivity index (χ2n) is 5.39. The SMILES string of the molecule is Cc1cccc2nc(NC(C)(CN)C3CC3)nn12. The van der Waals surface area contributed by atoms with Crippen LogP contribution in [0.2, 0.25) is 0 Å². The van der Waals surface area contributed by atoms with Crippen LogP contribution in [0.3, 0.4) is 0 Å². The molecular weight excluding hydrogens is 226 g/mol. The van der Waals surface area contributed by atoms with Gasteiger partial charge in [-0.2, -0.15) is 4.98 Å². The van der Waals surface area contributed by atoms with Crippen LogP contribution >= 0.6 is 0 Å². The molecule has 1 fully saturated rings. The lowest BCUT2D eigenvalue weighted by Crippen LogP contribution is -2.45. The maximum atomic E-state index is 5.90. The van der Waals surface area contributed by atoms with Crippen molar-refractivity contribution >= 4 is 11.6 Å². The number of fused-ring (bicyclic) bond motifs is 1. The second kappa shape index (κ2) is 3.95. The van der Waals surface area contributed by atoms with E-state index in [0.29, 0.717) is 18.4 Å². The first-order valence-electron chi connectivity index (χ1n) is 6.43. The molecule has 1 aliphatic rings. The number of hydrogen-bond donors (Lipinski definition) is 2. The highest BCUT2D eigenvalue weighted by Crippen LogP contribution is 2.40. The zero-order valence-electron chi connectivity index (χ0n) is 10.8. The number of rotatable bonds is 4. The van der Waals surface area contributed by atoms with Crippen molar-refractivity contribution < 1.29 is 0 Å². The number of hydrogen-bond acceptors (Lipinski definition) is 4. The summed E-state index contributed by atoms with van der Waals surface area (Å²) in [6, 6.07) is 5.97. The number of aromatic nitrogens is 3. The van der Waals surface area contributed by atoms with Gasteiger partial charge in [0.2, 0.25) is 5.95 Å². The molecule has 2 aromatic heterocycles. The summed E-state index contributed by atoms with van der Waals surface area (Å²) in [5, 5.41) is 7.91. The minimum Gasteiger partial charge on any atom is -0.346 e. The van der Waals surface area contributed by atoms with Crippen molar-refractivity contribution in [2.75, 3.05) is 11.9 Å². The van der Waals surface area contributed by atoms with E-state index in [1.807, 2.05) is 29.6 Å². The van der Waals surface area contributed by atoms with Gasteiger partial charge in [-0.3, -0.25) is 0 Å². The van der Waals surface area contributed by atoms with Crippen molar-refractivity contribution in [2.24, 2.45) is 11.7 Å². The molecule has 1 atom stereocenters. The van der Waals surface area contributed by atoms with E-state index in [1.165, 1.54) is 12.8 Å². The Morgan fingerprint density at radius 2 is 2.28 bits per heavy atom. The largest absolute Gasteiger partial charge is 0.346 e. The third-order valence-electron chi connectivity index (χ3n) is 3.85. The molecule has 1 unspecified atom stereocenters. The fourth-order valence-electron chi connectivity index (χ4n) is 2.38. The van der Waals surface area contributed by atoms with E-state index in [0.717, 1.165) is 11.3 Å². The predicted octanol–water partition coefficient (Wildman–Crippen LogP) is 1.58. The smallest absolute Gasteiger partial charge is 0.243 e. The Balaban J connectivity index is 1.92. The lowest BCUT2D eigenvalue weighted by Gasteiger charge is -2.28. The zero-order chi connectivity index (χ0) is 12.8. The minimum absolute atomic E-state index is 0.0845. The second-order valence-corrected chi connectivity index (χ2v) is 5.39. The van der Waals surface area contributed by atoms with Crippen LogP contribution in [0.5, 0.6) is 0 Å². The maximum absolute atomic E-state index is 5.90. The summed E-state index contributed by atoms with van der Waals surface area (Å²) in [4.78, 5) is 4.50. The third-order valence-corrected chi connectivity index (χ3v) is 3.85. The molecule has 1 saturated carbocycles. The Hall–Kier alpha value is -1.62. The molecule has 0 aliphatic heterocycles. The van der Waals surface area contributed by atoms with Crippen LogP contribution < -0.4 is 11.1 Å². The molecule has 2 aromatic rings. The van der Waals surface area contributed by atoms with Gasteiger partial charge in [0.1, 0.15) is 0 Å². The maximum Gasteiger partial charge on any atom is 0.243 e. The Morgan fingerprint density at radius 3 is 2.89 bits per heavy atom. The van der Waals surface area contributed by atoms with E-state index in [1.54, 1.807) is 0 Å². The highest BCUT2D eigenvalue weighted by atomic mass is 15.4. The van der Waals surface area contributed by atoms with Crippen LogP contribution in [0.1, 0.15) is 25.5 Å². The Labute approximate surface area is 106 Å². The molecule has 3 rings (SSSR count). The van der Waals surface area contributed by atoms with Crippen molar-refractivity contribution in [3.63, 3.8) is 0 Å². The molecule has 5 heteroatoms. The lowest BCUT2D eigenvalue weighted by molar-refractivity contribution is 0.456. The Bertz CT molecular complexity index is 572. The third kappa shape index (κ3) is 1.84. The van der Waals surface area contributed by atoms with Crippen molar-refractivity contribution in [3.8, 4) is 0 Å². The molecule has 1 aliphatic carbocycles. The normalized spacial score (nSPS) is 18.8. The van der Waals surface area contributed by atoms with Gasteiger partial charge in [-0.15, -0.1) is 5.10 Å². The van der Waals surface area contributed by atoms with Crippen molar-refractivity contribution in [1.29, 1.82) is 0 Å². The van der Waals surface area contributed by atoms with Gasteiger partial charge in [0.15, 0.2) is 5.65 Å². The van der Waals surface area contributed by atoms with Crippen molar-refractivity contribution in [2.45, 2.75) is 32.2 Å². The Kier molecular flexibility index (Phi) is 2.52. The average molecular weight is 245 g/mol. The summed E-state index contributed by atoms with van der Waals surface area (Å²) >= 11 is 0. The van der Waals surface area contributed by atoms with Gasteiger partial charge < -0.3 is 11.1 Å². The number of nitrogens with two attached hydrogens (primary N) is 1. The molecule has 0 saturated heterocycles. The first kappa shape index (κ1) is 11.5. The molecule has 5 nitrogen and oxygen atoms in total. The van der Waals surface area contributed by atoms with Gasteiger partial charge in [-0.1, -0.05) is 6.07 Å². The van der Waals surface area contributed by atoms with Crippen LogP contribution in [0.15, 0.2) is 18.2 Å². The summed E-state index contributed by atoms with van der Waals surface area (Å²) < 4.78 is 1.85. The molecule has 0 aromatic carbocycles. The summed E-state index contributed by atoms with van der Waals surface area (Å²) in [5.41, 5.74) is 7.76. The van der Waals surface area contributed by atoms with Crippen LogP contribution in [-0.2, 0) is 0 Å². The first-order valence-corrected chi connectivity index (χ1v) is 6.43. The molecule has 0 spiro atoms. The molecule has 96 valence electrons. The Morgan fingerprint density at radius 1 is 1.50 bits per heavy atom. The van der Waals surface area contributed by atoms with Crippen LogP contribution in [0.25, 0.3) is 5.65 Å². The zero-order valence-corrected chi connectivity index (χ0v) is 10.8. The van der Waals surface area contributed by atoms with Gasteiger partial charge in [-0.05, 0) is 44.7 Å². The van der Waals surface area contributed by atoms with Gasteiger partial charge >= 0.3 is 0 Å². The standard InChI is InChI=1S/C13H19N5/c1-9-4-3-5-11-15-12(17-18(9)11)16-13(2,8-14)10-6-7-10/h3-5,10H,6-8,14H2,1-2H3,(H,16,17). The van der Waals surface area contributed by atoms with Crippen LogP contribution in [0.4, 0.5) is 5.95 Å². The van der Waals surface area contributed by atoms with Gasteiger partial charge in [-0.25, -0.2) is 4.52 Å². The van der Waals surface area contributed by atoms with Crippen molar-refractivity contribution in [3.05, 3.63) is 23.9 Å². The molecule has 0 radical (unpaired) electrons. The van der Waals surface area contributed by atoms with E-state index in [4.69, 9.17) is 5.73 Å². The fourth-order valence-corrected chi connectivity index (χ4v) is 2.38. The molecule has 18 heavy (non-hydrogen) atoms. The van der Waals surface area contributed by atoms with Gasteiger partial charge in [0, 0.05) is 12.2 Å². The lowest BCUT2D eigenvalue weighted by atomic mass is 9.96. The topological polar surface area (TPSA) is 68.2 Å². The van der Waals surface area contributed by atoms with E-state index < -0.39 is 0 Å². The van der Waals surface area contributed by atoms with E-state index >= 15 is 0 Å². The summed E-state index contributed by atoms with van der Waals surface area (Å²) in [7, 11) is 0. The predicted molar refractivity (Wildman–Crippen MR) is 71.5 cm³/mol. The number of nitrogens with zero attached hydrogens (tertiary/aromatic N) is 3. The highest BCUT2D eigenvalue weighted by molar-refractivity contribution is 5.45. The molecular formula is C13H19N5. The molecule has 3 N–H and O–H groups in total. The summed E-state index contributed by atoms with van der Waals surface area (Å²) in [6.45, 7) is 4.78. The van der Waals surface area contributed by atoms with Gasteiger partial charge in [0.25, 0.3) is 0 Å². The van der Waals surface area contributed by atoms with Gasteiger partial charge in [0.05, 0.1) is 5.54 Å². The fraction of sp³-hybridized carbons (Fsp3) is 0.538. The number of aryl methyl sites for hydroxylation is 1. The van der Waals surface area contributed by atoms with E-state index in [9.17, 15) is 0 Å². The quantitative estimate of drug-likeness (QED) is 0.858. The molecule has 0 amide bonds. The van der Waals surface area contributed by atoms with E-state index in [-0.39, 0.29) is 5.54 Å². The number of nitrogens with one attached hydrogen (secondary N) is 1. The first-order chi connectivity index (χ1) is 8.62. The minimum atomic E-state index is -0.0845.